The summed E-state index contributed by atoms with van der Waals surface area (Å²) in [5.41, 5.74) is 0. The molecule has 0 radical (unpaired) electrons. The van der Waals surface area contributed by atoms with Crippen molar-refractivity contribution in [2.75, 3.05) is 0 Å². The van der Waals surface area contributed by atoms with Crippen molar-refractivity contribution in [2.24, 2.45) is 11.8 Å². The minimum atomic E-state index is 0.152. The SMILES string of the molecule is CCCCCC/C=C/C1C(CC=O)OC2CCCC21. The summed E-state index contributed by atoms with van der Waals surface area (Å²) in [6, 6.07) is 0. The summed E-state index contributed by atoms with van der Waals surface area (Å²) in [6.45, 7) is 2.25. The quantitative estimate of drug-likeness (QED) is 0.371. The number of aldehydes is 1. The third-order valence-corrected chi connectivity index (χ3v) is 4.69. The van der Waals surface area contributed by atoms with Gasteiger partial charge in [0.1, 0.15) is 6.29 Å². The minimum Gasteiger partial charge on any atom is -0.374 e. The summed E-state index contributed by atoms with van der Waals surface area (Å²) in [5.74, 6) is 1.17. The molecule has 0 amide bonds. The van der Waals surface area contributed by atoms with Crippen LogP contribution < -0.4 is 0 Å². The van der Waals surface area contributed by atoms with Gasteiger partial charge in [0.2, 0.25) is 0 Å². The molecule has 1 heterocycles. The molecule has 2 fully saturated rings. The molecule has 0 aromatic heterocycles. The molecule has 0 bridgehead atoms. The van der Waals surface area contributed by atoms with E-state index < -0.39 is 0 Å². The van der Waals surface area contributed by atoms with E-state index in [4.69, 9.17) is 4.74 Å². The van der Waals surface area contributed by atoms with Crippen molar-refractivity contribution in [2.45, 2.75) is 76.9 Å². The van der Waals surface area contributed by atoms with Gasteiger partial charge < -0.3 is 9.53 Å². The van der Waals surface area contributed by atoms with E-state index in [0.29, 0.717) is 24.4 Å². The molecule has 1 aliphatic carbocycles. The summed E-state index contributed by atoms with van der Waals surface area (Å²) in [7, 11) is 0. The molecular weight excluding hydrogens is 236 g/mol. The first kappa shape index (κ1) is 14.8. The standard InChI is InChI=1S/C17H28O2/c1-2-3-4-5-6-7-9-14-15-10-8-11-16(15)19-17(14)12-13-18/h7,9,13-17H,2-6,8,10-12H2,1H3/b9-7+. The van der Waals surface area contributed by atoms with Gasteiger partial charge >= 0.3 is 0 Å². The Morgan fingerprint density at radius 3 is 2.89 bits per heavy atom. The highest BCUT2D eigenvalue weighted by molar-refractivity contribution is 5.50. The van der Waals surface area contributed by atoms with Crippen LogP contribution in [0.4, 0.5) is 0 Å². The van der Waals surface area contributed by atoms with Gasteiger partial charge in [-0.25, -0.2) is 0 Å². The highest BCUT2D eigenvalue weighted by Crippen LogP contribution is 2.44. The molecule has 0 N–H and O–H groups in total. The van der Waals surface area contributed by atoms with Crippen molar-refractivity contribution in [1.82, 2.24) is 0 Å². The molecule has 2 nitrogen and oxygen atoms in total. The molecule has 2 rings (SSSR count). The van der Waals surface area contributed by atoms with Crippen LogP contribution >= 0.6 is 0 Å². The van der Waals surface area contributed by atoms with Crippen LogP contribution in [0.5, 0.6) is 0 Å². The van der Waals surface area contributed by atoms with Crippen molar-refractivity contribution in [3.8, 4) is 0 Å². The van der Waals surface area contributed by atoms with Crippen molar-refractivity contribution in [1.29, 1.82) is 0 Å². The zero-order valence-electron chi connectivity index (χ0n) is 12.2. The molecule has 4 unspecified atom stereocenters. The summed E-state index contributed by atoms with van der Waals surface area (Å²) >= 11 is 0. The zero-order chi connectivity index (χ0) is 13.5. The molecule has 108 valence electrons. The molecule has 0 spiro atoms. The van der Waals surface area contributed by atoms with Gasteiger partial charge in [-0.3, -0.25) is 0 Å². The lowest BCUT2D eigenvalue weighted by molar-refractivity contribution is -0.110. The third-order valence-electron chi connectivity index (χ3n) is 4.69. The Kier molecular flexibility index (Phi) is 6.09. The van der Waals surface area contributed by atoms with Gasteiger partial charge in [0.25, 0.3) is 0 Å². The zero-order valence-corrected chi connectivity index (χ0v) is 12.2. The highest BCUT2D eigenvalue weighted by Gasteiger charge is 2.44. The van der Waals surface area contributed by atoms with Crippen molar-refractivity contribution in [3.05, 3.63) is 12.2 Å². The second-order valence-electron chi connectivity index (χ2n) is 6.06. The number of allylic oxidation sites excluding steroid dienone is 1. The monoisotopic (exact) mass is 264 g/mol. The summed E-state index contributed by atoms with van der Waals surface area (Å²) in [5, 5.41) is 0. The third kappa shape index (κ3) is 3.92. The van der Waals surface area contributed by atoms with Crippen LogP contribution in [-0.4, -0.2) is 18.5 Å². The number of hydrogen-bond acceptors (Lipinski definition) is 2. The van der Waals surface area contributed by atoms with Gasteiger partial charge in [0, 0.05) is 12.3 Å². The van der Waals surface area contributed by atoms with Crippen LogP contribution in [0, 0.1) is 11.8 Å². The number of carbonyl (C=O) groups excluding carboxylic acids is 1. The fourth-order valence-corrected chi connectivity index (χ4v) is 3.67. The van der Waals surface area contributed by atoms with Gasteiger partial charge in [-0.15, -0.1) is 0 Å². The highest BCUT2D eigenvalue weighted by atomic mass is 16.5. The van der Waals surface area contributed by atoms with E-state index in [-0.39, 0.29) is 6.10 Å². The Labute approximate surface area is 117 Å². The van der Waals surface area contributed by atoms with E-state index in [1.807, 2.05) is 0 Å². The maximum absolute atomic E-state index is 10.8. The number of ether oxygens (including phenoxy) is 1. The summed E-state index contributed by atoms with van der Waals surface area (Å²) in [4.78, 5) is 10.8. The fraction of sp³-hybridized carbons (Fsp3) is 0.824. The topological polar surface area (TPSA) is 26.3 Å². The average molecular weight is 264 g/mol. The lowest BCUT2D eigenvalue weighted by Gasteiger charge is -2.16. The van der Waals surface area contributed by atoms with Crippen LogP contribution in [0.3, 0.4) is 0 Å². The second-order valence-corrected chi connectivity index (χ2v) is 6.06. The van der Waals surface area contributed by atoms with Gasteiger partial charge in [-0.1, -0.05) is 44.8 Å². The number of unbranched alkanes of at least 4 members (excludes halogenated alkanes) is 4. The van der Waals surface area contributed by atoms with Crippen LogP contribution in [0.2, 0.25) is 0 Å². The van der Waals surface area contributed by atoms with Gasteiger partial charge in [-0.05, 0) is 31.6 Å². The lowest BCUT2D eigenvalue weighted by atomic mass is 9.86. The Balaban J connectivity index is 1.81. The maximum atomic E-state index is 10.8. The van der Waals surface area contributed by atoms with E-state index in [0.717, 1.165) is 6.29 Å². The van der Waals surface area contributed by atoms with E-state index in [1.54, 1.807) is 0 Å². The van der Waals surface area contributed by atoms with E-state index in [9.17, 15) is 4.79 Å². The van der Waals surface area contributed by atoms with Crippen LogP contribution in [0.1, 0.15) is 64.7 Å². The molecule has 0 aromatic rings. The first-order valence-electron chi connectivity index (χ1n) is 8.12. The van der Waals surface area contributed by atoms with Crippen LogP contribution in [0.25, 0.3) is 0 Å². The molecule has 2 heteroatoms. The molecule has 2 aliphatic rings. The molecular formula is C17H28O2. The normalized spacial score (nSPS) is 33.9. The Bertz CT molecular complexity index is 298. The minimum absolute atomic E-state index is 0.152. The smallest absolute Gasteiger partial charge is 0.122 e. The van der Waals surface area contributed by atoms with Gasteiger partial charge in [0.15, 0.2) is 0 Å². The number of hydrogen-bond donors (Lipinski definition) is 0. The van der Waals surface area contributed by atoms with E-state index in [2.05, 4.69) is 19.1 Å². The van der Waals surface area contributed by atoms with Crippen molar-refractivity contribution < 1.29 is 9.53 Å². The first-order valence-corrected chi connectivity index (χ1v) is 8.12. The van der Waals surface area contributed by atoms with E-state index in [1.165, 1.54) is 51.4 Å². The molecule has 4 atom stereocenters. The van der Waals surface area contributed by atoms with Crippen LogP contribution in [-0.2, 0) is 9.53 Å². The Morgan fingerprint density at radius 1 is 1.21 bits per heavy atom. The van der Waals surface area contributed by atoms with E-state index >= 15 is 0 Å². The number of fused-ring (bicyclic) bond motifs is 1. The van der Waals surface area contributed by atoms with Crippen LogP contribution in [0.15, 0.2) is 12.2 Å². The molecule has 0 aromatic carbocycles. The first-order chi connectivity index (χ1) is 9.36. The number of carbonyl (C=O) groups is 1. The average Bonchev–Trinajstić information content (AvgIpc) is 2.96. The molecule has 1 aliphatic heterocycles. The predicted molar refractivity (Wildman–Crippen MR) is 78.1 cm³/mol. The van der Waals surface area contributed by atoms with Crippen molar-refractivity contribution in [3.63, 3.8) is 0 Å². The van der Waals surface area contributed by atoms with Gasteiger partial charge in [-0.2, -0.15) is 0 Å². The summed E-state index contributed by atoms with van der Waals surface area (Å²) in [6.07, 6.45) is 17.1. The summed E-state index contributed by atoms with van der Waals surface area (Å²) < 4.78 is 6.05. The molecule has 1 saturated carbocycles. The Morgan fingerprint density at radius 2 is 2.11 bits per heavy atom. The number of rotatable bonds is 8. The molecule has 19 heavy (non-hydrogen) atoms. The van der Waals surface area contributed by atoms with Gasteiger partial charge in [0.05, 0.1) is 12.2 Å². The molecule has 1 saturated heterocycles. The predicted octanol–water partition coefficient (Wildman–Crippen LogP) is 4.29. The Hall–Kier alpha value is -0.630. The largest absolute Gasteiger partial charge is 0.374 e. The van der Waals surface area contributed by atoms with Crippen molar-refractivity contribution >= 4 is 6.29 Å². The maximum Gasteiger partial charge on any atom is 0.122 e. The second kappa shape index (κ2) is 7.84. The lowest BCUT2D eigenvalue weighted by Crippen LogP contribution is -2.18. The fourth-order valence-electron chi connectivity index (χ4n) is 3.67.